The van der Waals surface area contributed by atoms with E-state index in [1.807, 2.05) is 53.5 Å². The van der Waals surface area contributed by atoms with Crippen molar-refractivity contribution in [1.29, 1.82) is 0 Å². The fourth-order valence-electron chi connectivity index (χ4n) is 3.16. The maximum Gasteiger partial charge on any atom is 0.0845 e. The van der Waals surface area contributed by atoms with Gasteiger partial charge in [0.2, 0.25) is 0 Å². The first-order valence-electron chi connectivity index (χ1n) is 8.35. The molecule has 27 heavy (non-hydrogen) atoms. The third kappa shape index (κ3) is 3.88. The Morgan fingerprint density at radius 1 is 0.889 bits per heavy atom. The number of hydrazone groups is 1. The zero-order valence-electron chi connectivity index (χ0n) is 14.0. The minimum Gasteiger partial charge on any atom is -0.256 e. The van der Waals surface area contributed by atoms with E-state index in [1.165, 1.54) is 0 Å². The van der Waals surface area contributed by atoms with Crippen molar-refractivity contribution in [3.8, 4) is 0 Å². The number of benzene rings is 3. The van der Waals surface area contributed by atoms with Gasteiger partial charge in [0, 0.05) is 15.9 Å². The molecule has 0 saturated heterocycles. The van der Waals surface area contributed by atoms with Crippen LogP contribution in [0.1, 0.15) is 23.6 Å². The van der Waals surface area contributed by atoms with E-state index in [0.29, 0.717) is 15.1 Å². The molecule has 2 nitrogen and oxygen atoms in total. The minimum atomic E-state index is 0.0275. The van der Waals surface area contributed by atoms with Crippen LogP contribution in [0.2, 0.25) is 15.1 Å². The highest BCUT2D eigenvalue weighted by atomic mass is 79.9. The molecule has 1 aliphatic rings. The molecule has 0 bridgehead atoms. The van der Waals surface area contributed by atoms with Crippen molar-refractivity contribution < 1.29 is 0 Å². The van der Waals surface area contributed by atoms with Crippen LogP contribution < -0.4 is 5.01 Å². The van der Waals surface area contributed by atoms with Gasteiger partial charge in [0.1, 0.15) is 0 Å². The lowest BCUT2D eigenvalue weighted by Gasteiger charge is -2.25. The van der Waals surface area contributed by atoms with E-state index in [4.69, 9.17) is 39.9 Å². The lowest BCUT2D eigenvalue weighted by atomic mass is 9.98. The molecule has 0 saturated carbocycles. The summed E-state index contributed by atoms with van der Waals surface area (Å²) in [5.41, 5.74) is 3.97. The highest BCUT2D eigenvalue weighted by molar-refractivity contribution is 9.10. The SMILES string of the molecule is Clc1ccc(C2=NN(c3cccc(Cl)c3Cl)C(c3ccc(Br)cc3)C2)cc1. The van der Waals surface area contributed by atoms with Crippen LogP contribution in [0, 0.1) is 0 Å². The Morgan fingerprint density at radius 2 is 1.59 bits per heavy atom. The number of hydrogen-bond acceptors (Lipinski definition) is 2. The molecule has 0 N–H and O–H groups in total. The largest absolute Gasteiger partial charge is 0.256 e. The molecule has 0 aromatic heterocycles. The summed E-state index contributed by atoms with van der Waals surface area (Å²) >= 11 is 22.3. The first kappa shape index (κ1) is 18.8. The summed E-state index contributed by atoms with van der Waals surface area (Å²) in [6, 6.07) is 21.6. The van der Waals surface area contributed by atoms with Crippen molar-refractivity contribution >= 4 is 62.1 Å². The quantitative estimate of drug-likeness (QED) is 0.374. The van der Waals surface area contributed by atoms with Gasteiger partial charge in [0.25, 0.3) is 0 Å². The molecule has 0 amide bonds. The Bertz CT molecular complexity index is 1000. The Balaban J connectivity index is 1.79. The molecule has 0 spiro atoms. The topological polar surface area (TPSA) is 15.6 Å². The van der Waals surface area contributed by atoms with Crippen LogP contribution in [-0.4, -0.2) is 5.71 Å². The number of hydrogen-bond donors (Lipinski definition) is 0. The molecule has 1 atom stereocenters. The number of nitrogens with zero attached hydrogens (tertiary/aromatic N) is 2. The van der Waals surface area contributed by atoms with E-state index in [0.717, 1.165) is 33.4 Å². The van der Waals surface area contributed by atoms with E-state index in [2.05, 4.69) is 28.1 Å². The highest BCUT2D eigenvalue weighted by Crippen LogP contribution is 2.42. The predicted molar refractivity (Wildman–Crippen MR) is 118 cm³/mol. The van der Waals surface area contributed by atoms with Crippen LogP contribution >= 0.6 is 50.7 Å². The molecule has 0 aliphatic carbocycles. The predicted octanol–water partition coefficient (Wildman–Crippen LogP) is 7.77. The molecule has 1 unspecified atom stereocenters. The van der Waals surface area contributed by atoms with Crippen LogP contribution in [-0.2, 0) is 0 Å². The fraction of sp³-hybridized carbons (Fsp3) is 0.0952. The maximum atomic E-state index is 6.50. The molecule has 6 heteroatoms. The average Bonchev–Trinajstić information content (AvgIpc) is 3.10. The van der Waals surface area contributed by atoms with Gasteiger partial charge in [-0.05, 0) is 47.5 Å². The molecular weight excluding hydrogens is 467 g/mol. The maximum absolute atomic E-state index is 6.50. The summed E-state index contributed by atoms with van der Waals surface area (Å²) in [7, 11) is 0. The molecule has 1 aliphatic heterocycles. The van der Waals surface area contributed by atoms with Gasteiger partial charge >= 0.3 is 0 Å². The van der Waals surface area contributed by atoms with E-state index in [9.17, 15) is 0 Å². The summed E-state index contributed by atoms with van der Waals surface area (Å²) in [5, 5.41) is 8.57. The van der Waals surface area contributed by atoms with Gasteiger partial charge in [-0.2, -0.15) is 5.10 Å². The van der Waals surface area contributed by atoms with Crippen molar-refractivity contribution in [3.05, 3.63) is 97.4 Å². The standard InChI is InChI=1S/C21H14BrCl3N2/c22-15-8-4-14(5-9-15)20-12-18(13-6-10-16(23)11-7-13)26-27(20)19-3-1-2-17(24)21(19)25/h1-11,20H,12H2. The van der Waals surface area contributed by atoms with Crippen molar-refractivity contribution in [2.24, 2.45) is 5.10 Å². The molecule has 136 valence electrons. The highest BCUT2D eigenvalue weighted by Gasteiger charge is 2.31. The van der Waals surface area contributed by atoms with Crippen LogP contribution in [0.4, 0.5) is 5.69 Å². The second-order valence-electron chi connectivity index (χ2n) is 6.24. The fourth-order valence-corrected chi connectivity index (χ4v) is 3.94. The van der Waals surface area contributed by atoms with Crippen molar-refractivity contribution in [1.82, 2.24) is 0 Å². The van der Waals surface area contributed by atoms with Crippen molar-refractivity contribution in [2.45, 2.75) is 12.5 Å². The molecule has 0 fully saturated rings. The first-order valence-corrected chi connectivity index (χ1v) is 10.3. The zero-order chi connectivity index (χ0) is 19.0. The van der Waals surface area contributed by atoms with Gasteiger partial charge in [-0.3, -0.25) is 5.01 Å². The second-order valence-corrected chi connectivity index (χ2v) is 8.38. The minimum absolute atomic E-state index is 0.0275. The lowest BCUT2D eigenvalue weighted by molar-refractivity contribution is 0.709. The molecule has 3 aromatic carbocycles. The van der Waals surface area contributed by atoms with Gasteiger partial charge in [0.15, 0.2) is 0 Å². The van der Waals surface area contributed by atoms with Gasteiger partial charge in [0.05, 0.1) is 27.5 Å². The second kappa shape index (κ2) is 7.84. The Hall–Kier alpha value is -1.52. The summed E-state index contributed by atoms with van der Waals surface area (Å²) in [6.45, 7) is 0. The van der Waals surface area contributed by atoms with E-state index in [1.54, 1.807) is 6.07 Å². The van der Waals surface area contributed by atoms with E-state index in [-0.39, 0.29) is 6.04 Å². The molecule has 0 radical (unpaired) electrons. The first-order chi connectivity index (χ1) is 13.0. The zero-order valence-corrected chi connectivity index (χ0v) is 17.9. The molecular formula is C21H14BrCl3N2. The molecule has 3 aromatic rings. The van der Waals surface area contributed by atoms with Crippen molar-refractivity contribution in [3.63, 3.8) is 0 Å². The number of rotatable bonds is 3. The summed E-state index contributed by atoms with van der Waals surface area (Å²) in [5.74, 6) is 0. The van der Waals surface area contributed by atoms with E-state index < -0.39 is 0 Å². The van der Waals surface area contributed by atoms with Gasteiger partial charge in [-0.25, -0.2) is 0 Å². The summed E-state index contributed by atoms with van der Waals surface area (Å²) < 4.78 is 1.04. The number of anilines is 1. The Labute approximate surface area is 181 Å². The molecule has 4 rings (SSSR count). The van der Waals surface area contributed by atoms with Gasteiger partial charge in [-0.1, -0.05) is 81.1 Å². The summed E-state index contributed by atoms with van der Waals surface area (Å²) in [4.78, 5) is 0. The van der Waals surface area contributed by atoms with Crippen LogP contribution in [0.3, 0.4) is 0 Å². The smallest absolute Gasteiger partial charge is 0.0845 e. The van der Waals surface area contributed by atoms with Gasteiger partial charge < -0.3 is 0 Å². The van der Waals surface area contributed by atoms with Crippen LogP contribution in [0.25, 0.3) is 0 Å². The van der Waals surface area contributed by atoms with Crippen LogP contribution in [0.15, 0.2) is 76.3 Å². The van der Waals surface area contributed by atoms with Crippen LogP contribution in [0.5, 0.6) is 0 Å². The summed E-state index contributed by atoms with van der Waals surface area (Å²) in [6.07, 6.45) is 0.756. The monoisotopic (exact) mass is 478 g/mol. The number of halogens is 4. The Kier molecular flexibility index (Phi) is 5.47. The van der Waals surface area contributed by atoms with Gasteiger partial charge in [-0.15, -0.1) is 0 Å². The Morgan fingerprint density at radius 3 is 2.30 bits per heavy atom. The van der Waals surface area contributed by atoms with E-state index >= 15 is 0 Å². The average molecular weight is 481 g/mol. The lowest BCUT2D eigenvalue weighted by Crippen LogP contribution is -2.18. The third-order valence-corrected chi connectivity index (χ3v) is 6.11. The third-order valence-electron chi connectivity index (χ3n) is 4.52. The normalized spacial score (nSPS) is 16.5. The van der Waals surface area contributed by atoms with Crippen molar-refractivity contribution in [2.75, 3.05) is 5.01 Å². The molecule has 1 heterocycles.